The Labute approximate surface area is 187 Å². The van der Waals surface area contributed by atoms with Gasteiger partial charge >= 0.3 is 0 Å². The summed E-state index contributed by atoms with van der Waals surface area (Å²) in [6, 6.07) is 11.5. The summed E-state index contributed by atoms with van der Waals surface area (Å²) in [5, 5.41) is 3.44. The zero-order valence-electron chi connectivity index (χ0n) is 18.7. The number of benzene rings is 1. The van der Waals surface area contributed by atoms with Gasteiger partial charge in [-0.05, 0) is 50.6 Å². The number of rotatable bonds is 6. The molecule has 2 unspecified atom stereocenters. The number of hydrogen-bond donors (Lipinski definition) is 1. The Morgan fingerprint density at radius 2 is 1.97 bits per heavy atom. The van der Waals surface area contributed by atoms with Crippen molar-refractivity contribution in [3.63, 3.8) is 0 Å². The van der Waals surface area contributed by atoms with Crippen LogP contribution < -0.4 is 5.32 Å². The summed E-state index contributed by atoms with van der Waals surface area (Å²) in [5.41, 5.74) is 1.40. The molecule has 1 aromatic rings. The quantitative estimate of drug-likeness (QED) is 0.533. The predicted octanol–water partition coefficient (Wildman–Crippen LogP) is 1.97. The fraction of sp³-hybridized carbons (Fsp3) is 0.696. The van der Waals surface area contributed by atoms with E-state index >= 15 is 0 Å². The number of nitrogens with one attached hydrogen (secondary N) is 1. The molecule has 3 fully saturated rings. The van der Waals surface area contributed by atoms with E-state index in [4.69, 9.17) is 4.99 Å². The molecular formula is C23H37N5O2S. The number of guanidine groups is 1. The van der Waals surface area contributed by atoms with Crippen LogP contribution in [0.2, 0.25) is 0 Å². The van der Waals surface area contributed by atoms with Crippen molar-refractivity contribution in [3.05, 3.63) is 35.9 Å². The second-order valence-corrected chi connectivity index (χ2v) is 11.1. The van der Waals surface area contributed by atoms with E-state index in [2.05, 4.69) is 52.4 Å². The summed E-state index contributed by atoms with van der Waals surface area (Å²) in [6.45, 7) is 8.83. The molecule has 8 heteroatoms. The molecule has 172 valence electrons. The highest BCUT2D eigenvalue weighted by molar-refractivity contribution is 7.89. The van der Waals surface area contributed by atoms with Crippen LogP contribution in [0.15, 0.2) is 35.3 Å². The van der Waals surface area contributed by atoms with Crippen molar-refractivity contribution < 1.29 is 8.42 Å². The van der Waals surface area contributed by atoms with E-state index in [1.807, 2.05) is 0 Å². The maximum absolute atomic E-state index is 12.0. The zero-order valence-corrected chi connectivity index (χ0v) is 19.6. The zero-order chi connectivity index (χ0) is 21.7. The van der Waals surface area contributed by atoms with E-state index in [0.29, 0.717) is 31.6 Å². The number of likely N-dealkylation sites (tertiary alicyclic amines) is 2. The molecule has 0 radical (unpaired) electrons. The van der Waals surface area contributed by atoms with Crippen LogP contribution >= 0.6 is 0 Å². The lowest BCUT2D eigenvalue weighted by Gasteiger charge is -2.48. The van der Waals surface area contributed by atoms with Crippen LogP contribution in [0.3, 0.4) is 0 Å². The summed E-state index contributed by atoms with van der Waals surface area (Å²) < 4.78 is 25.7. The van der Waals surface area contributed by atoms with Crippen molar-refractivity contribution >= 4 is 16.0 Å². The first-order valence-corrected chi connectivity index (χ1v) is 13.5. The predicted molar refractivity (Wildman–Crippen MR) is 126 cm³/mol. The minimum atomic E-state index is -3.05. The molecule has 0 aliphatic carbocycles. The van der Waals surface area contributed by atoms with Crippen molar-refractivity contribution in [1.29, 1.82) is 0 Å². The fourth-order valence-electron chi connectivity index (χ4n) is 5.35. The average molecular weight is 448 g/mol. The fourth-order valence-corrected chi connectivity index (χ4v) is 6.87. The lowest BCUT2D eigenvalue weighted by molar-refractivity contribution is 0.0372. The highest BCUT2D eigenvalue weighted by Gasteiger charge is 2.36. The average Bonchev–Trinajstić information content (AvgIpc) is 3.11. The Hall–Kier alpha value is -1.64. The Kier molecular flexibility index (Phi) is 7.51. The molecule has 0 amide bonds. The van der Waals surface area contributed by atoms with Gasteiger partial charge in [-0.2, -0.15) is 0 Å². The van der Waals surface area contributed by atoms with Gasteiger partial charge in [0.2, 0.25) is 10.0 Å². The minimum Gasteiger partial charge on any atom is -0.357 e. The molecular weight excluding hydrogens is 410 g/mol. The molecule has 0 saturated carbocycles. The van der Waals surface area contributed by atoms with Crippen molar-refractivity contribution in [2.45, 2.75) is 45.2 Å². The van der Waals surface area contributed by atoms with Gasteiger partial charge in [0.15, 0.2) is 5.96 Å². The van der Waals surface area contributed by atoms with E-state index in [-0.39, 0.29) is 5.75 Å². The third-order valence-electron chi connectivity index (χ3n) is 6.86. The van der Waals surface area contributed by atoms with Gasteiger partial charge in [-0.1, -0.05) is 30.3 Å². The van der Waals surface area contributed by atoms with E-state index in [0.717, 1.165) is 45.0 Å². The number of sulfonamides is 1. The van der Waals surface area contributed by atoms with Gasteiger partial charge in [0.1, 0.15) is 0 Å². The van der Waals surface area contributed by atoms with Crippen molar-refractivity contribution in [3.8, 4) is 0 Å². The van der Waals surface area contributed by atoms with Gasteiger partial charge in [-0.25, -0.2) is 12.7 Å². The van der Waals surface area contributed by atoms with Crippen LogP contribution in [0.4, 0.5) is 0 Å². The van der Waals surface area contributed by atoms with Crippen LogP contribution in [0, 0.1) is 5.92 Å². The summed E-state index contributed by atoms with van der Waals surface area (Å²) in [6.07, 6.45) is 4.42. The Bertz CT molecular complexity index is 845. The Morgan fingerprint density at radius 3 is 2.71 bits per heavy atom. The lowest BCUT2D eigenvalue weighted by Crippen LogP contribution is -2.56. The normalized spacial score (nSPS) is 27.3. The van der Waals surface area contributed by atoms with Crippen LogP contribution in [0.25, 0.3) is 0 Å². The van der Waals surface area contributed by atoms with Crippen molar-refractivity contribution in [2.24, 2.45) is 10.9 Å². The number of aliphatic imine (C=N–C) groups is 1. The van der Waals surface area contributed by atoms with Crippen LogP contribution in [0.1, 0.15) is 38.2 Å². The third kappa shape index (κ3) is 5.59. The number of hydrogen-bond acceptors (Lipinski definition) is 4. The molecule has 4 rings (SSSR count). The third-order valence-corrected chi connectivity index (χ3v) is 8.82. The van der Waals surface area contributed by atoms with E-state index in [9.17, 15) is 8.42 Å². The Morgan fingerprint density at radius 1 is 1.13 bits per heavy atom. The van der Waals surface area contributed by atoms with Gasteiger partial charge in [0.05, 0.1) is 12.3 Å². The van der Waals surface area contributed by atoms with Gasteiger partial charge in [-0.3, -0.25) is 9.89 Å². The molecule has 3 aliphatic rings. The summed E-state index contributed by atoms with van der Waals surface area (Å²) in [5.74, 6) is 1.89. The first kappa shape index (κ1) is 22.6. The highest BCUT2D eigenvalue weighted by atomic mass is 32.2. The molecule has 3 heterocycles. The number of nitrogens with zero attached hydrogens (tertiary/aromatic N) is 4. The first-order chi connectivity index (χ1) is 15.1. The van der Waals surface area contributed by atoms with Crippen molar-refractivity contribution in [2.75, 3.05) is 51.6 Å². The molecule has 0 aromatic heterocycles. The molecule has 1 N–H and O–H groups in total. The summed E-state index contributed by atoms with van der Waals surface area (Å²) in [4.78, 5) is 9.88. The molecule has 0 bridgehead atoms. The van der Waals surface area contributed by atoms with E-state index in [1.165, 1.54) is 24.9 Å². The van der Waals surface area contributed by atoms with Crippen LogP contribution in [-0.4, -0.2) is 86.1 Å². The first-order valence-electron chi connectivity index (χ1n) is 11.9. The Balaban J connectivity index is 1.36. The maximum Gasteiger partial charge on any atom is 0.214 e. The minimum absolute atomic E-state index is 0.283. The van der Waals surface area contributed by atoms with Crippen LogP contribution in [0.5, 0.6) is 0 Å². The molecule has 3 aliphatic heterocycles. The second-order valence-electron chi connectivity index (χ2n) is 8.96. The second kappa shape index (κ2) is 10.3. The van der Waals surface area contributed by atoms with Gasteiger partial charge in [0, 0.05) is 45.3 Å². The van der Waals surface area contributed by atoms with Gasteiger partial charge in [-0.15, -0.1) is 0 Å². The van der Waals surface area contributed by atoms with Gasteiger partial charge in [0.25, 0.3) is 0 Å². The standard InChI is InChI=1S/C23H37N5O2S/c1-2-24-23(25-12-16-28-14-7-17-31(28,29)30)27-15-11-22-21(19-27)10-6-13-26(22)18-20-8-4-3-5-9-20/h3-5,8-9,21-22H,2,6-7,10-19H2,1H3,(H,24,25). The number of fused-ring (bicyclic) bond motifs is 1. The van der Waals surface area contributed by atoms with Crippen molar-refractivity contribution in [1.82, 2.24) is 19.4 Å². The summed E-state index contributed by atoms with van der Waals surface area (Å²) >= 11 is 0. The molecule has 0 spiro atoms. The molecule has 3 saturated heterocycles. The monoisotopic (exact) mass is 447 g/mol. The molecule has 31 heavy (non-hydrogen) atoms. The smallest absolute Gasteiger partial charge is 0.214 e. The largest absolute Gasteiger partial charge is 0.357 e. The maximum atomic E-state index is 12.0. The van der Waals surface area contributed by atoms with E-state index in [1.54, 1.807) is 4.31 Å². The number of piperidine rings is 2. The molecule has 2 atom stereocenters. The molecule has 1 aromatic carbocycles. The van der Waals surface area contributed by atoms with Crippen LogP contribution in [-0.2, 0) is 16.6 Å². The van der Waals surface area contributed by atoms with E-state index < -0.39 is 10.0 Å². The highest BCUT2D eigenvalue weighted by Crippen LogP contribution is 2.31. The SMILES string of the molecule is CCNC(=NCCN1CCCS1(=O)=O)N1CCC2C(CCCN2Cc2ccccc2)C1. The van der Waals surface area contributed by atoms with Gasteiger partial charge < -0.3 is 10.2 Å². The summed E-state index contributed by atoms with van der Waals surface area (Å²) in [7, 11) is -3.05. The lowest BCUT2D eigenvalue weighted by atomic mass is 9.83. The molecule has 7 nitrogen and oxygen atoms in total. The topological polar surface area (TPSA) is 68.2 Å².